The van der Waals surface area contributed by atoms with Crippen LogP contribution in [0.1, 0.15) is 20.8 Å². The maximum absolute atomic E-state index is 11.7. The van der Waals surface area contributed by atoms with Gasteiger partial charge in [0.15, 0.2) is 0 Å². The van der Waals surface area contributed by atoms with Crippen molar-refractivity contribution in [3.05, 3.63) is 18.2 Å². The highest BCUT2D eigenvalue weighted by molar-refractivity contribution is 5.95. The molecular formula is C14H19NO5. The second-order valence-electron chi connectivity index (χ2n) is 5.12. The summed E-state index contributed by atoms with van der Waals surface area (Å²) in [7, 11) is 2.98. The van der Waals surface area contributed by atoms with E-state index in [1.165, 1.54) is 14.2 Å². The Hall–Kier alpha value is -2.24. The summed E-state index contributed by atoms with van der Waals surface area (Å²) >= 11 is 0. The van der Waals surface area contributed by atoms with E-state index >= 15 is 0 Å². The van der Waals surface area contributed by atoms with Gasteiger partial charge in [0.25, 0.3) is 0 Å². The number of esters is 1. The van der Waals surface area contributed by atoms with E-state index < -0.39 is 17.5 Å². The molecule has 6 nitrogen and oxygen atoms in total. The number of carbonyl (C=O) groups excluding carboxylic acids is 2. The fourth-order valence-corrected chi connectivity index (χ4v) is 1.28. The fraction of sp³-hybridized carbons (Fsp3) is 0.429. The molecule has 6 heteroatoms. The summed E-state index contributed by atoms with van der Waals surface area (Å²) in [5.41, 5.74) is -0.394. The summed E-state index contributed by atoms with van der Waals surface area (Å²) in [6, 6.07) is 4.90. The molecule has 0 atom stereocenters. The standard InChI is InChI=1S/C14H19NO5/c1-14(2,3)12(16)20-13(17)15-10-8-9(18-4)6-7-11(10)19-5/h6-8H,1-5H3,(H,15,17). The Balaban J connectivity index is 2.82. The molecule has 0 saturated carbocycles. The number of methoxy groups -OCH3 is 2. The van der Waals surface area contributed by atoms with Crippen molar-refractivity contribution in [1.29, 1.82) is 0 Å². The average Bonchev–Trinajstić information content (AvgIpc) is 2.37. The van der Waals surface area contributed by atoms with E-state index in [9.17, 15) is 9.59 Å². The molecule has 1 N–H and O–H groups in total. The summed E-state index contributed by atoms with van der Waals surface area (Å²) in [6.07, 6.45) is -0.864. The molecule has 1 aromatic carbocycles. The topological polar surface area (TPSA) is 73.9 Å². The van der Waals surface area contributed by atoms with Gasteiger partial charge in [0, 0.05) is 6.07 Å². The fourth-order valence-electron chi connectivity index (χ4n) is 1.28. The quantitative estimate of drug-likeness (QED) is 0.681. The van der Waals surface area contributed by atoms with Crippen LogP contribution in [-0.4, -0.2) is 26.3 Å². The van der Waals surface area contributed by atoms with Gasteiger partial charge in [-0.2, -0.15) is 0 Å². The maximum Gasteiger partial charge on any atom is 0.419 e. The van der Waals surface area contributed by atoms with Gasteiger partial charge in [-0.3, -0.25) is 10.1 Å². The molecule has 0 radical (unpaired) electrons. The first-order chi connectivity index (χ1) is 9.27. The van der Waals surface area contributed by atoms with E-state index in [0.29, 0.717) is 17.2 Å². The lowest BCUT2D eigenvalue weighted by Gasteiger charge is -2.16. The molecule has 0 heterocycles. The second kappa shape index (κ2) is 6.27. The lowest BCUT2D eigenvalue weighted by Crippen LogP contribution is -2.28. The number of hydrogen-bond donors (Lipinski definition) is 1. The van der Waals surface area contributed by atoms with Crippen LogP contribution in [0.25, 0.3) is 0 Å². The van der Waals surface area contributed by atoms with Gasteiger partial charge in [-0.1, -0.05) is 0 Å². The summed E-state index contributed by atoms with van der Waals surface area (Å²) in [4.78, 5) is 23.3. The first-order valence-electron chi connectivity index (χ1n) is 6.03. The van der Waals surface area contributed by atoms with Crippen molar-refractivity contribution in [2.75, 3.05) is 19.5 Å². The van der Waals surface area contributed by atoms with E-state index in [2.05, 4.69) is 5.32 Å². The molecule has 1 rings (SSSR count). The van der Waals surface area contributed by atoms with Crippen molar-refractivity contribution in [1.82, 2.24) is 0 Å². The van der Waals surface area contributed by atoms with Crippen LogP contribution < -0.4 is 14.8 Å². The van der Waals surface area contributed by atoms with Crippen LogP contribution in [0.15, 0.2) is 18.2 Å². The summed E-state index contributed by atoms with van der Waals surface area (Å²) in [5, 5.41) is 2.45. The Morgan fingerprint density at radius 3 is 2.25 bits per heavy atom. The highest BCUT2D eigenvalue weighted by Crippen LogP contribution is 2.29. The summed E-state index contributed by atoms with van der Waals surface area (Å²) in [6.45, 7) is 4.98. The van der Waals surface area contributed by atoms with Crippen molar-refractivity contribution in [2.45, 2.75) is 20.8 Å². The number of benzene rings is 1. The van der Waals surface area contributed by atoms with E-state index in [4.69, 9.17) is 14.2 Å². The molecule has 0 aliphatic carbocycles. The van der Waals surface area contributed by atoms with Crippen LogP contribution in [0.2, 0.25) is 0 Å². The molecule has 0 aliphatic rings. The minimum absolute atomic E-state index is 0.360. The van der Waals surface area contributed by atoms with Gasteiger partial charge in [0.2, 0.25) is 0 Å². The Labute approximate surface area is 118 Å². The van der Waals surface area contributed by atoms with Crippen LogP contribution >= 0.6 is 0 Å². The zero-order valence-corrected chi connectivity index (χ0v) is 12.3. The van der Waals surface area contributed by atoms with Crippen LogP contribution in [0.4, 0.5) is 10.5 Å². The molecule has 0 spiro atoms. The van der Waals surface area contributed by atoms with Gasteiger partial charge in [-0.25, -0.2) is 4.79 Å². The lowest BCUT2D eigenvalue weighted by molar-refractivity contribution is -0.145. The van der Waals surface area contributed by atoms with Crippen molar-refractivity contribution < 1.29 is 23.8 Å². The maximum atomic E-state index is 11.7. The molecule has 0 aliphatic heterocycles. The monoisotopic (exact) mass is 281 g/mol. The third-order valence-electron chi connectivity index (χ3n) is 2.44. The van der Waals surface area contributed by atoms with Gasteiger partial charge < -0.3 is 14.2 Å². The highest BCUT2D eigenvalue weighted by atomic mass is 16.6. The van der Waals surface area contributed by atoms with Crippen LogP contribution in [0.5, 0.6) is 11.5 Å². The number of rotatable bonds is 3. The average molecular weight is 281 g/mol. The Morgan fingerprint density at radius 2 is 1.75 bits per heavy atom. The molecule has 0 bridgehead atoms. The van der Waals surface area contributed by atoms with Gasteiger partial charge in [-0.15, -0.1) is 0 Å². The third kappa shape index (κ3) is 4.15. The molecule has 1 amide bonds. The summed E-state index contributed by atoms with van der Waals surface area (Å²) < 4.78 is 14.9. The predicted octanol–water partition coefficient (Wildman–Crippen LogP) is 2.83. The summed E-state index contributed by atoms with van der Waals surface area (Å²) in [5.74, 6) is 0.367. The zero-order chi connectivity index (χ0) is 15.3. The predicted molar refractivity (Wildman–Crippen MR) is 74.1 cm³/mol. The second-order valence-corrected chi connectivity index (χ2v) is 5.12. The van der Waals surface area contributed by atoms with E-state index in [0.717, 1.165) is 0 Å². The van der Waals surface area contributed by atoms with E-state index in [-0.39, 0.29) is 0 Å². The number of hydrogen-bond acceptors (Lipinski definition) is 5. The third-order valence-corrected chi connectivity index (χ3v) is 2.44. The minimum atomic E-state index is -0.864. The van der Waals surface area contributed by atoms with Crippen LogP contribution in [0, 0.1) is 5.41 Å². The molecule has 0 saturated heterocycles. The molecule has 20 heavy (non-hydrogen) atoms. The normalized spacial score (nSPS) is 10.7. The molecule has 110 valence electrons. The van der Waals surface area contributed by atoms with Crippen LogP contribution in [0.3, 0.4) is 0 Å². The molecule has 0 unspecified atom stereocenters. The molecule has 1 aromatic rings. The number of carbonyl (C=O) groups is 2. The van der Waals surface area contributed by atoms with E-state index in [1.807, 2.05) is 0 Å². The first kappa shape index (κ1) is 15.8. The number of anilines is 1. The molecular weight excluding hydrogens is 262 g/mol. The van der Waals surface area contributed by atoms with E-state index in [1.54, 1.807) is 39.0 Å². The van der Waals surface area contributed by atoms with Crippen molar-refractivity contribution >= 4 is 17.7 Å². The smallest absolute Gasteiger partial charge is 0.419 e. The van der Waals surface area contributed by atoms with Gasteiger partial charge >= 0.3 is 12.1 Å². The van der Waals surface area contributed by atoms with Gasteiger partial charge in [-0.05, 0) is 32.9 Å². The number of nitrogens with one attached hydrogen (secondary N) is 1. The SMILES string of the molecule is COc1ccc(OC)c(NC(=O)OC(=O)C(C)(C)C)c1. The van der Waals surface area contributed by atoms with Crippen LogP contribution in [-0.2, 0) is 9.53 Å². The zero-order valence-electron chi connectivity index (χ0n) is 12.3. The number of amides is 1. The Kier molecular flexibility index (Phi) is 4.96. The highest BCUT2D eigenvalue weighted by Gasteiger charge is 2.26. The number of ether oxygens (including phenoxy) is 3. The largest absolute Gasteiger partial charge is 0.497 e. The lowest BCUT2D eigenvalue weighted by atomic mass is 9.98. The Morgan fingerprint density at radius 1 is 1.10 bits per heavy atom. The Bertz CT molecular complexity index is 505. The van der Waals surface area contributed by atoms with Crippen molar-refractivity contribution in [2.24, 2.45) is 5.41 Å². The van der Waals surface area contributed by atoms with Gasteiger partial charge in [0.1, 0.15) is 11.5 Å². The molecule has 0 fully saturated rings. The minimum Gasteiger partial charge on any atom is -0.497 e. The molecule has 0 aromatic heterocycles. The van der Waals surface area contributed by atoms with Gasteiger partial charge in [0.05, 0.1) is 25.3 Å². The first-order valence-corrected chi connectivity index (χ1v) is 6.03. The van der Waals surface area contributed by atoms with Crippen molar-refractivity contribution in [3.8, 4) is 11.5 Å². The van der Waals surface area contributed by atoms with Crippen molar-refractivity contribution in [3.63, 3.8) is 0 Å².